The molecule has 62 valence electrons. The number of halogens is 2. The van der Waals surface area contributed by atoms with Crippen LogP contribution in [0.5, 0.6) is 0 Å². The first-order valence-electron chi connectivity index (χ1n) is 2.95. The van der Waals surface area contributed by atoms with Gasteiger partial charge in [-0.15, -0.1) is 23.2 Å². The lowest BCUT2D eigenvalue weighted by molar-refractivity contribution is 0.589. The molecular formula is C5H11Cl2OPS. The Kier molecular flexibility index (Phi) is 6.43. The summed E-state index contributed by atoms with van der Waals surface area (Å²) in [5.41, 5.74) is 0. The van der Waals surface area contributed by atoms with Gasteiger partial charge in [-0.1, -0.05) is 11.4 Å². The van der Waals surface area contributed by atoms with Gasteiger partial charge in [0.2, 0.25) is 0 Å². The zero-order valence-electron chi connectivity index (χ0n) is 5.85. The van der Waals surface area contributed by atoms with E-state index in [9.17, 15) is 4.57 Å². The Labute approximate surface area is 76.0 Å². The number of hydrogen-bond donors (Lipinski definition) is 0. The average molecular weight is 221 g/mol. The fourth-order valence-electron chi connectivity index (χ4n) is 0.446. The molecule has 0 aliphatic heterocycles. The van der Waals surface area contributed by atoms with E-state index >= 15 is 0 Å². The second-order valence-electron chi connectivity index (χ2n) is 1.95. The minimum atomic E-state index is -2.01. The molecule has 0 aromatic carbocycles. The summed E-state index contributed by atoms with van der Waals surface area (Å²) in [5, 5.41) is 0. The zero-order chi connectivity index (χ0) is 8.04. The van der Waals surface area contributed by atoms with E-state index < -0.39 is 6.34 Å². The summed E-state index contributed by atoms with van der Waals surface area (Å²) in [6.45, 7) is 1.76. The van der Waals surface area contributed by atoms with Crippen molar-refractivity contribution in [2.45, 2.75) is 0 Å². The van der Waals surface area contributed by atoms with Crippen molar-refractivity contribution in [3.63, 3.8) is 0 Å². The Hall–Kier alpha value is 1.16. The molecule has 0 aliphatic rings. The Morgan fingerprint density at radius 2 is 2.00 bits per heavy atom. The minimum Gasteiger partial charge on any atom is -0.312 e. The number of alkyl halides is 2. The molecule has 0 bridgehead atoms. The standard InChI is InChI=1S/C5H11Cl2OPS/c1-9(8,4-2-6)10-5-3-7/h2-5H2,1H3/t9-/m1/s1. The maximum atomic E-state index is 11.4. The third-order valence-corrected chi connectivity index (χ3v) is 6.50. The van der Waals surface area contributed by atoms with Crippen molar-refractivity contribution in [3.05, 3.63) is 0 Å². The quantitative estimate of drug-likeness (QED) is 0.524. The van der Waals surface area contributed by atoms with Crippen LogP contribution in [0.3, 0.4) is 0 Å². The van der Waals surface area contributed by atoms with Gasteiger partial charge in [-0.3, -0.25) is 0 Å². The van der Waals surface area contributed by atoms with Crippen LogP contribution in [0.1, 0.15) is 0 Å². The molecule has 0 spiro atoms. The van der Waals surface area contributed by atoms with Crippen LogP contribution in [0, 0.1) is 0 Å². The van der Waals surface area contributed by atoms with E-state index in [1.807, 2.05) is 0 Å². The lowest BCUT2D eigenvalue weighted by Gasteiger charge is -2.08. The highest BCUT2D eigenvalue weighted by molar-refractivity contribution is 8.57. The molecule has 0 amide bonds. The molecule has 1 atom stereocenters. The largest absolute Gasteiger partial charge is 0.312 e. The number of hydrogen-bond acceptors (Lipinski definition) is 2. The Morgan fingerprint density at radius 3 is 2.40 bits per heavy atom. The van der Waals surface area contributed by atoms with Gasteiger partial charge in [0, 0.05) is 23.7 Å². The molecule has 0 saturated carbocycles. The summed E-state index contributed by atoms with van der Waals surface area (Å²) in [6.07, 6.45) is -1.40. The molecule has 0 radical (unpaired) electrons. The van der Waals surface area contributed by atoms with Crippen molar-refractivity contribution in [2.75, 3.05) is 30.3 Å². The van der Waals surface area contributed by atoms with Gasteiger partial charge < -0.3 is 4.57 Å². The summed E-state index contributed by atoms with van der Waals surface area (Å²) in [7, 11) is 0. The summed E-state index contributed by atoms with van der Waals surface area (Å²) in [4.78, 5) is 0. The summed E-state index contributed by atoms with van der Waals surface area (Å²) in [5.74, 6) is 1.79. The van der Waals surface area contributed by atoms with Gasteiger partial charge in [0.15, 0.2) is 0 Å². The molecule has 0 aromatic rings. The van der Waals surface area contributed by atoms with Crippen molar-refractivity contribution in [2.24, 2.45) is 0 Å². The smallest absolute Gasteiger partial charge is 0.137 e. The van der Waals surface area contributed by atoms with Crippen LogP contribution < -0.4 is 0 Å². The van der Waals surface area contributed by atoms with Crippen molar-refractivity contribution >= 4 is 40.9 Å². The predicted molar refractivity (Wildman–Crippen MR) is 52.3 cm³/mol. The maximum Gasteiger partial charge on any atom is 0.137 e. The average Bonchev–Trinajstić information content (AvgIpc) is 1.84. The van der Waals surface area contributed by atoms with E-state index in [1.165, 1.54) is 11.4 Å². The van der Waals surface area contributed by atoms with Crippen LogP contribution >= 0.6 is 40.9 Å². The molecule has 0 fully saturated rings. The fourth-order valence-corrected chi connectivity index (χ4v) is 5.25. The normalized spacial score (nSPS) is 16.7. The second-order valence-corrected chi connectivity index (χ2v) is 8.94. The molecule has 0 heterocycles. The van der Waals surface area contributed by atoms with Crippen molar-refractivity contribution in [1.29, 1.82) is 0 Å². The Morgan fingerprint density at radius 1 is 1.40 bits per heavy atom. The monoisotopic (exact) mass is 220 g/mol. The second kappa shape index (κ2) is 5.77. The molecule has 0 unspecified atom stereocenters. The van der Waals surface area contributed by atoms with Gasteiger partial charge in [0.05, 0.1) is 0 Å². The van der Waals surface area contributed by atoms with Gasteiger partial charge in [-0.05, 0) is 6.66 Å². The molecule has 0 rings (SSSR count). The molecule has 0 N–H and O–H groups in total. The van der Waals surface area contributed by atoms with E-state index in [0.717, 1.165) is 5.75 Å². The van der Waals surface area contributed by atoms with Crippen LogP contribution in [0.15, 0.2) is 0 Å². The van der Waals surface area contributed by atoms with Crippen molar-refractivity contribution < 1.29 is 4.57 Å². The third kappa shape index (κ3) is 5.91. The van der Waals surface area contributed by atoms with Crippen LogP contribution in [0.2, 0.25) is 0 Å². The minimum absolute atomic E-state index is 0.475. The first kappa shape index (κ1) is 11.2. The maximum absolute atomic E-state index is 11.4. The Bertz CT molecular complexity index is 131. The topological polar surface area (TPSA) is 17.1 Å². The summed E-state index contributed by atoms with van der Waals surface area (Å²) >= 11 is 12.3. The predicted octanol–water partition coefficient (Wildman–Crippen LogP) is 3.11. The van der Waals surface area contributed by atoms with Gasteiger partial charge in [-0.25, -0.2) is 0 Å². The first-order chi connectivity index (χ1) is 4.62. The summed E-state index contributed by atoms with van der Waals surface area (Å²) < 4.78 is 11.4. The van der Waals surface area contributed by atoms with Gasteiger partial charge in [0.1, 0.15) is 6.34 Å². The molecular weight excluding hydrogens is 210 g/mol. The van der Waals surface area contributed by atoms with E-state index in [0.29, 0.717) is 17.9 Å². The van der Waals surface area contributed by atoms with Crippen LogP contribution in [0.25, 0.3) is 0 Å². The Balaban J connectivity index is 3.53. The van der Waals surface area contributed by atoms with E-state index in [1.54, 1.807) is 6.66 Å². The van der Waals surface area contributed by atoms with E-state index in [2.05, 4.69) is 0 Å². The SMILES string of the molecule is C[P@](=O)(CCCl)SCCCl. The highest BCUT2D eigenvalue weighted by Crippen LogP contribution is 2.54. The molecule has 0 aliphatic carbocycles. The number of rotatable bonds is 5. The van der Waals surface area contributed by atoms with Gasteiger partial charge in [-0.2, -0.15) is 0 Å². The van der Waals surface area contributed by atoms with Crippen molar-refractivity contribution in [3.8, 4) is 0 Å². The van der Waals surface area contributed by atoms with Gasteiger partial charge in [0.25, 0.3) is 0 Å². The zero-order valence-corrected chi connectivity index (χ0v) is 9.07. The third-order valence-electron chi connectivity index (χ3n) is 0.932. The fraction of sp³-hybridized carbons (Fsp3) is 1.00. The van der Waals surface area contributed by atoms with Crippen LogP contribution in [-0.4, -0.2) is 30.3 Å². The van der Waals surface area contributed by atoms with E-state index in [-0.39, 0.29) is 0 Å². The summed E-state index contributed by atoms with van der Waals surface area (Å²) in [6, 6.07) is 0. The lowest BCUT2D eigenvalue weighted by Crippen LogP contribution is -1.87. The van der Waals surface area contributed by atoms with E-state index in [4.69, 9.17) is 23.2 Å². The molecule has 1 nitrogen and oxygen atoms in total. The highest BCUT2D eigenvalue weighted by atomic mass is 35.5. The van der Waals surface area contributed by atoms with Crippen LogP contribution in [-0.2, 0) is 4.57 Å². The lowest BCUT2D eigenvalue weighted by atomic mass is 11.0. The first-order valence-corrected chi connectivity index (χ1v) is 7.95. The molecule has 5 heteroatoms. The van der Waals surface area contributed by atoms with Crippen molar-refractivity contribution in [1.82, 2.24) is 0 Å². The van der Waals surface area contributed by atoms with Crippen LogP contribution in [0.4, 0.5) is 0 Å². The molecule has 10 heavy (non-hydrogen) atoms. The molecule has 0 aromatic heterocycles. The molecule has 0 saturated heterocycles. The highest BCUT2D eigenvalue weighted by Gasteiger charge is 2.13. The van der Waals surface area contributed by atoms with Gasteiger partial charge >= 0.3 is 0 Å².